The predicted octanol–water partition coefficient (Wildman–Crippen LogP) is 4.11. The molecular formula is C12H10ClF3N2. The molecule has 96 valence electrons. The van der Waals surface area contributed by atoms with Crippen LogP contribution in [0.4, 0.5) is 13.2 Å². The van der Waals surface area contributed by atoms with Crippen molar-refractivity contribution in [1.82, 2.24) is 9.78 Å². The molecule has 0 bridgehead atoms. The number of aryl methyl sites for hydroxylation is 1. The zero-order valence-electron chi connectivity index (χ0n) is 9.50. The van der Waals surface area contributed by atoms with Gasteiger partial charge in [-0.25, -0.2) is 4.68 Å². The summed E-state index contributed by atoms with van der Waals surface area (Å²) < 4.78 is 39.1. The average molecular weight is 275 g/mol. The van der Waals surface area contributed by atoms with Crippen LogP contribution in [0.3, 0.4) is 0 Å². The van der Waals surface area contributed by atoms with Gasteiger partial charge in [0.25, 0.3) is 0 Å². The Balaban J connectivity index is 2.47. The Bertz CT molecular complexity index is 561. The van der Waals surface area contributed by atoms with Crippen LogP contribution in [-0.2, 0) is 12.6 Å². The summed E-state index contributed by atoms with van der Waals surface area (Å²) in [4.78, 5) is 0. The van der Waals surface area contributed by atoms with Crippen LogP contribution in [-0.4, -0.2) is 9.78 Å². The average Bonchev–Trinajstić information content (AvgIpc) is 2.70. The van der Waals surface area contributed by atoms with Gasteiger partial charge in [-0.1, -0.05) is 24.6 Å². The van der Waals surface area contributed by atoms with Gasteiger partial charge in [0, 0.05) is 0 Å². The summed E-state index contributed by atoms with van der Waals surface area (Å²) in [6.07, 6.45) is -3.70. The predicted molar refractivity (Wildman–Crippen MR) is 63.0 cm³/mol. The van der Waals surface area contributed by atoms with Crippen molar-refractivity contribution in [3.8, 4) is 5.69 Å². The molecule has 2 nitrogen and oxygen atoms in total. The van der Waals surface area contributed by atoms with E-state index in [0.717, 1.165) is 17.8 Å². The summed E-state index contributed by atoms with van der Waals surface area (Å²) in [7, 11) is 0. The molecule has 0 fully saturated rings. The lowest BCUT2D eigenvalue weighted by Crippen LogP contribution is -2.06. The summed E-state index contributed by atoms with van der Waals surface area (Å²) in [6.45, 7) is 1.90. The second-order valence-corrected chi connectivity index (χ2v) is 4.16. The smallest absolute Gasteiger partial charge is 0.222 e. The van der Waals surface area contributed by atoms with Gasteiger partial charge in [-0.3, -0.25) is 0 Å². The minimum absolute atomic E-state index is 0.297. The maximum atomic E-state index is 12.6. The lowest BCUT2D eigenvalue weighted by atomic mass is 10.2. The highest BCUT2D eigenvalue weighted by atomic mass is 35.5. The molecular weight excluding hydrogens is 265 g/mol. The largest absolute Gasteiger partial charge is 0.416 e. The van der Waals surface area contributed by atoms with Crippen LogP contribution < -0.4 is 0 Å². The van der Waals surface area contributed by atoms with Gasteiger partial charge in [0.05, 0.1) is 16.9 Å². The fourth-order valence-electron chi connectivity index (χ4n) is 1.57. The highest BCUT2D eigenvalue weighted by Crippen LogP contribution is 2.30. The first-order chi connectivity index (χ1) is 8.41. The van der Waals surface area contributed by atoms with Crippen LogP contribution in [0, 0.1) is 0 Å². The van der Waals surface area contributed by atoms with Crippen LogP contribution in [0.25, 0.3) is 5.69 Å². The molecule has 0 aliphatic heterocycles. The van der Waals surface area contributed by atoms with Crippen LogP contribution in [0.1, 0.15) is 18.2 Å². The molecule has 0 N–H and O–H groups in total. The Morgan fingerprint density at radius 1 is 1.28 bits per heavy atom. The van der Waals surface area contributed by atoms with Crippen molar-refractivity contribution in [1.29, 1.82) is 0 Å². The molecule has 0 aliphatic carbocycles. The summed E-state index contributed by atoms with van der Waals surface area (Å²) in [5, 5.41) is 4.44. The monoisotopic (exact) mass is 274 g/mol. The fraction of sp³-hybridized carbons (Fsp3) is 0.250. The summed E-state index contributed by atoms with van der Waals surface area (Å²) >= 11 is 5.94. The number of alkyl halides is 3. The minimum Gasteiger partial charge on any atom is -0.222 e. The van der Waals surface area contributed by atoms with Gasteiger partial charge in [0.15, 0.2) is 0 Å². The molecule has 0 aliphatic rings. The molecule has 2 rings (SSSR count). The molecule has 6 heteroatoms. The van der Waals surface area contributed by atoms with Crippen molar-refractivity contribution >= 4 is 11.6 Å². The highest BCUT2D eigenvalue weighted by Gasteiger charge is 2.30. The van der Waals surface area contributed by atoms with Crippen LogP contribution in [0.15, 0.2) is 30.3 Å². The van der Waals surface area contributed by atoms with Gasteiger partial charge >= 0.3 is 6.18 Å². The SMILES string of the molecule is CCc1cc(Cl)n(-c2cccc(C(F)(F)F)c2)n1. The topological polar surface area (TPSA) is 17.8 Å². The minimum atomic E-state index is -4.37. The Hall–Kier alpha value is -1.49. The van der Waals surface area contributed by atoms with Crippen molar-refractivity contribution in [2.24, 2.45) is 0 Å². The highest BCUT2D eigenvalue weighted by molar-refractivity contribution is 6.29. The Kier molecular flexibility index (Phi) is 3.34. The second-order valence-electron chi connectivity index (χ2n) is 3.77. The zero-order chi connectivity index (χ0) is 13.3. The molecule has 0 radical (unpaired) electrons. The van der Waals surface area contributed by atoms with E-state index in [1.807, 2.05) is 6.92 Å². The van der Waals surface area contributed by atoms with Crippen molar-refractivity contribution in [2.45, 2.75) is 19.5 Å². The first-order valence-electron chi connectivity index (χ1n) is 5.34. The quantitative estimate of drug-likeness (QED) is 0.806. The van der Waals surface area contributed by atoms with E-state index in [4.69, 9.17) is 11.6 Å². The van der Waals surface area contributed by atoms with Crippen molar-refractivity contribution < 1.29 is 13.2 Å². The third kappa shape index (κ3) is 2.51. The molecule has 2 aromatic rings. The molecule has 18 heavy (non-hydrogen) atoms. The molecule has 0 spiro atoms. The molecule has 1 aromatic heterocycles. The molecule has 0 atom stereocenters. The Labute approximate surface area is 107 Å². The molecule has 1 heterocycles. The zero-order valence-corrected chi connectivity index (χ0v) is 10.3. The number of aromatic nitrogens is 2. The molecule has 0 saturated heterocycles. The van der Waals surface area contributed by atoms with Gasteiger partial charge in [-0.2, -0.15) is 18.3 Å². The number of halogens is 4. The van der Waals surface area contributed by atoms with Gasteiger partial charge < -0.3 is 0 Å². The van der Waals surface area contributed by atoms with Crippen molar-refractivity contribution in [3.63, 3.8) is 0 Å². The summed E-state index contributed by atoms with van der Waals surface area (Å²) in [5.74, 6) is 0. The standard InChI is InChI=1S/C12H10ClF3N2/c1-2-9-7-11(13)18(17-9)10-5-3-4-8(6-10)12(14,15)16/h3-7H,2H2,1H3. The number of nitrogens with zero attached hydrogens (tertiary/aromatic N) is 2. The Morgan fingerprint density at radius 2 is 2.00 bits per heavy atom. The molecule has 0 unspecified atom stereocenters. The number of hydrogen-bond donors (Lipinski definition) is 0. The van der Waals surface area contributed by atoms with Gasteiger partial charge in [-0.15, -0.1) is 0 Å². The van der Waals surface area contributed by atoms with E-state index in [0.29, 0.717) is 17.3 Å². The van der Waals surface area contributed by atoms with Gasteiger partial charge in [0.2, 0.25) is 0 Å². The molecule has 0 saturated carbocycles. The van der Waals surface area contributed by atoms with Crippen LogP contribution in [0.5, 0.6) is 0 Å². The van der Waals surface area contributed by atoms with Crippen molar-refractivity contribution in [2.75, 3.05) is 0 Å². The first kappa shape index (κ1) is 13.0. The molecule has 1 aromatic carbocycles. The van der Waals surface area contributed by atoms with E-state index in [1.54, 1.807) is 6.07 Å². The summed E-state index contributed by atoms with van der Waals surface area (Å²) in [6, 6.07) is 6.55. The van der Waals surface area contributed by atoms with Crippen LogP contribution >= 0.6 is 11.6 Å². The van der Waals surface area contributed by atoms with Gasteiger partial charge in [-0.05, 0) is 30.7 Å². The first-order valence-corrected chi connectivity index (χ1v) is 5.71. The third-order valence-electron chi connectivity index (χ3n) is 2.50. The fourth-order valence-corrected chi connectivity index (χ4v) is 1.83. The van der Waals surface area contributed by atoms with E-state index in [2.05, 4.69) is 5.10 Å². The maximum Gasteiger partial charge on any atom is 0.416 e. The summed E-state index contributed by atoms with van der Waals surface area (Å²) in [5.41, 5.74) is 0.316. The second kappa shape index (κ2) is 4.65. The lowest BCUT2D eigenvalue weighted by molar-refractivity contribution is -0.137. The number of benzene rings is 1. The third-order valence-corrected chi connectivity index (χ3v) is 2.77. The van der Waals surface area contributed by atoms with E-state index >= 15 is 0 Å². The van der Waals surface area contributed by atoms with Crippen LogP contribution in [0.2, 0.25) is 5.15 Å². The number of rotatable bonds is 2. The van der Waals surface area contributed by atoms with E-state index in [9.17, 15) is 13.2 Å². The normalized spacial score (nSPS) is 11.8. The molecule has 0 amide bonds. The van der Waals surface area contributed by atoms with E-state index in [-0.39, 0.29) is 0 Å². The van der Waals surface area contributed by atoms with E-state index < -0.39 is 11.7 Å². The maximum absolute atomic E-state index is 12.6. The van der Waals surface area contributed by atoms with Gasteiger partial charge in [0.1, 0.15) is 5.15 Å². The van der Waals surface area contributed by atoms with Crippen molar-refractivity contribution in [3.05, 3.63) is 46.7 Å². The number of hydrogen-bond acceptors (Lipinski definition) is 1. The van der Waals surface area contributed by atoms with E-state index in [1.165, 1.54) is 16.8 Å². The Morgan fingerprint density at radius 3 is 2.56 bits per heavy atom. The lowest BCUT2D eigenvalue weighted by Gasteiger charge is -2.09.